The molecule has 0 bridgehead atoms. The van der Waals surface area contributed by atoms with Crippen molar-refractivity contribution in [2.24, 2.45) is 10.9 Å². The van der Waals surface area contributed by atoms with Gasteiger partial charge in [0, 0.05) is 18.3 Å². The first-order chi connectivity index (χ1) is 9.52. The lowest BCUT2D eigenvalue weighted by Gasteiger charge is -2.22. The van der Waals surface area contributed by atoms with Crippen molar-refractivity contribution < 1.29 is 5.21 Å². The molecule has 0 spiro atoms. The SMILES string of the molecule is Cc1ccc(N(C)c2ccc(C)cc2/C(N)=N/O)cc1. The topological polar surface area (TPSA) is 61.8 Å². The Hall–Kier alpha value is -2.49. The van der Waals surface area contributed by atoms with Gasteiger partial charge >= 0.3 is 0 Å². The van der Waals surface area contributed by atoms with Gasteiger partial charge in [0.25, 0.3) is 0 Å². The van der Waals surface area contributed by atoms with Crippen LogP contribution < -0.4 is 10.6 Å². The predicted molar refractivity (Wildman–Crippen MR) is 82.9 cm³/mol. The maximum atomic E-state index is 8.94. The minimum absolute atomic E-state index is 0.114. The molecule has 0 saturated heterocycles. The molecule has 2 aromatic carbocycles. The number of amidine groups is 1. The molecule has 4 nitrogen and oxygen atoms in total. The maximum Gasteiger partial charge on any atom is 0.172 e. The zero-order valence-electron chi connectivity index (χ0n) is 12.0. The molecule has 0 fully saturated rings. The van der Waals surface area contributed by atoms with Gasteiger partial charge in [-0.3, -0.25) is 0 Å². The lowest BCUT2D eigenvalue weighted by Crippen LogP contribution is -2.19. The Morgan fingerprint density at radius 3 is 2.25 bits per heavy atom. The first kappa shape index (κ1) is 13.9. The van der Waals surface area contributed by atoms with Crippen LogP contribution in [0.2, 0.25) is 0 Å². The van der Waals surface area contributed by atoms with E-state index in [-0.39, 0.29) is 5.84 Å². The van der Waals surface area contributed by atoms with E-state index in [1.165, 1.54) is 5.56 Å². The standard InChI is InChI=1S/C16H19N3O/c1-11-4-7-13(8-5-11)19(3)15-9-6-12(2)10-14(15)16(17)18-20/h4-10,20H,1-3H3,(H2,17,18). The molecule has 104 valence electrons. The van der Waals surface area contributed by atoms with Crippen LogP contribution in [0, 0.1) is 13.8 Å². The van der Waals surface area contributed by atoms with Crippen LogP contribution in [0.25, 0.3) is 0 Å². The van der Waals surface area contributed by atoms with Crippen LogP contribution in [0.5, 0.6) is 0 Å². The Morgan fingerprint density at radius 1 is 1.05 bits per heavy atom. The molecule has 3 N–H and O–H groups in total. The summed E-state index contributed by atoms with van der Waals surface area (Å²) in [6, 6.07) is 14.1. The molecular formula is C16H19N3O. The molecular weight excluding hydrogens is 250 g/mol. The van der Waals surface area contributed by atoms with Gasteiger partial charge in [-0.05, 0) is 38.1 Å². The van der Waals surface area contributed by atoms with E-state index >= 15 is 0 Å². The van der Waals surface area contributed by atoms with Gasteiger partial charge in [-0.15, -0.1) is 0 Å². The fourth-order valence-corrected chi connectivity index (χ4v) is 2.11. The average molecular weight is 269 g/mol. The Labute approximate surface area is 119 Å². The normalized spacial score (nSPS) is 11.4. The molecule has 2 aromatic rings. The number of anilines is 2. The Balaban J connectivity index is 2.49. The molecule has 0 radical (unpaired) electrons. The quantitative estimate of drug-likeness (QED) is 0.389. The minimum atomic E-state index is 0.114. The third-order valence-electron chi connectivity index (χ3n) is 3.32. The third kappa shape index (κ3) is 2.74. The van der Waals surface area contributed by atoms with Gasteiger partial charge in [-0.1, -0.05) is 34.5 Å². The van der Waals surface area contributed by atoms with E-state index in [1.54, 1.807) is 0 Å². The van der Waals surface area contributed by atoms with E-state index in [0.29, 0.717) is 0 Å². The number of hydrogen-bond acceptors (Lipinski definition) is 3. The van der Waals surface area contributed by atoms with Crippen molar-refractivity contribution in [1.29, 1.82) is 0 Å². The van der Waals surface area contributed by atoms with E-state index in [0.717, 1.165) is 22.5 Å². The Kier molecular flexibility index (Phi) is 3.94. The average Bonchev–Trinajstić information content (AvgIpc) is 2.46. The van der Waals surface area contributed by atoms with Crippen LogP contribution in [0.4, 0.5) is 11.4 Å². The molecule has 0 amide bonds. The molecule has 0 aliphatic heterocycles. The number of benzene rings is 2. The second-order valence-corrected chi connectivity index (χ2v) is 4.90. The van der Waals surface area contributed by atoms with Crippen molar-refractivity contribution in [1.82, 2.24) is 0 Å². The lowest BCUT2D eigenvalue weighted by molar-refractivity contribution is 0.318. The van der Waals surface area contributed by atoms with Gasteiger partial charge in [-0.25, -0.2) is 0 Å². The summed E-state index contributed by atoms with van der Waals surface area (Å²) in [7, 11) is 1.96. The van der Waals surface area contributed by atoms with Crippen LogP contribution >= 0.6 is 0 Å². The number of oxime groups is 1. The first-order valence-electron chi connectivity index (χ1n) is 6.42. The van der Waals surface area contributed by atoms with E-state index in [1.807, 2.05) is 49.2 Å². The Bertz CT molecular complexity index is 633. The second-order valence-electron chi connectivity index (χ2n) is 4.90. The first-order valence-corrected chi connectivity index (χ1v) is 6.42. The molecule has 2 rings (SSSR count). The van der Waals surface area contributed by atoms with Crippen molar-refractivity contribution in [3.8, 4) is 0 Å². The highest BCUT2D eigenvalue weighted by molar-refractivity contribution is 6.03. The van der Waals surface area contributed by atoms with Crippen LogP contribution in [-0.2, 0) is 0 Å². The Morgan fingerprint density at radius 2 is 1.65 bits per heavy atom. The summed E-state index contributed by atoms with van der Waals surface area (Å²) in [4.78, 5) is 2.02. The number of aryl methyl sites for hydroxylation is 2. The molecule has 0 atom stereocenters. The van der Waals surface area contributed by atoms with Crippen LogP contribution in [-0.4, -0.2) is 18.1 Å². The fraction of sp³-hybridized carbons (Fsp3) is 0.188. The fourth-order valence-electron chi connectivity index (χ4n) is 2.11. The largest absolute Gasteiger partial charge is 0.409 e. The molecule has 0 aliphatic carbocycles. The molecule has 4 heteroatoms. The summed E-state index contributed by atoms with van der Waals surface area (Å²) in [5, 5.41) is 12.1. The van der Waals surface area contributed by atoms with Crippen molar-refractivity contribution in [3.05, 3.63) is 59.2 Å². The van der Waals surface area contributed by atoms with Crippen molar-refractivity contribution in [2.75, 3.05) is 11.9 Å². The summed E-state index contributed by atoms with van der Waals surface area (Å²) < 4.78 is 0. The number of hydrogen-bond donors (Lipinski definition) is 2. The minimum Gasteiger partial charge on any atom is -0.409 e. The van der Waals surface area contributed by atoms with Gasteiger partial charge in [0.1, 0.15) is 0 Å². The van der Waals surface area contributed by atoms with Crippen molar-refractivity contribution >= 4 is 17.2 Å². The number of nitrogens with two attached hydrogens (primary N) is 1. The van der Waals surface area contributed by atoms with Crippen molar-refractivity contribution in [3.63, 3.8) is 0 Å². The summed E-state index contributed by atoms with van der Waals surface area (Å²) in [6.45, 7) is 4.03. The van der Waals surface area contributed by atoms with Gasteiger partial charge in [-0.2, -0.15) is 0 Å². The molecule has 0 aliphatic rings. The van der Waals surface area contributed by atoms with Gasteiger partial charge in [0.05, 0.1) is 5.69 Å². The third-order valence-corrected chi connectivity index (χ3v) is 3.32. The summed E-state index contributed by atoms with van der Waals surface area (Å²) in [5.74, 6) is 0.114. The second kappa shape index (κ2) is 5.65. The molecule has 0 unspecified atom stereocenters. The molecule has 0 saturated carbocycles. The summed E-state index contributed by atoms with van der Waals surface area (Å²) >= 11 is 0. The summed E-state index contributed by atoms with van der Waals surface area (Å²) in [6.07, 6.45) is 0. The van der Waals surface area contributed by atoms with Gasteiger partial charge < -0.3 is 15.8 Å². The summed E-state index contributed by atoms with van der Waals surface area (Å²) in [5.41, 5.74) is 10.7. The highest BCUT2D eigenvalue weighted by atomic mass is 16.4. The maximum absolute atomic E-state index is 8.94. The van der Waals surface area contributed by atoms with Crippen molar-refractivity contribution in [2.45, 2.75) is 13.8 Å². The van der Waals surface area contributed by atoms with Gasteiger partial charge in [0.2, 0.25) is 0 Å². The zero-order valence-corrected chi connectivity index (χ0v) is 12.0. The predicted octanol–water partition coefficient (Wildman–Crippen LogP) is 3.17. The molecule has 0 aromatic heterocycles. The molecule has 0 heterocycles. The van der Waals surface area contributed by atoms with E-state index in [2.05, 4.69) is 24.2 Å². The van der Waals surface area contributed by atoms with Gasteiger partial charge in [0.15, 0.2) is 5.84 Å². The smallest absolute Gasteiger partial charge is 0.172 e. The number of rotatable bonds is 3. The lowest BCUT2D eigenvalue weighted by atomic mass is 10.1. The van der Waals surface area contributed by atoms with E-state index < -0.39 is 0 Å². The monoisotopic (exact) mass is 269 g/mol. The van der Waals surface area contributed by atoms with E-state index in [9.17, 15) is 0 Å². The number of nitrogens with zero attached hydrogens (tertiary/aromatic N) is 2. The van der Waals surface area contributed by atoms with E-state index in [4.69, 9.17) is 10.9 Å². The highest BCUT2D eigenvalue weighted by Crippen LogP contribution is 2.28. The molecule has 20 heavy (non-hydrogen) atoms. The van der Waals surface area contributed by atoms with Crippen LogP contribution in [0.1, 0.15) is 16.7 Å². The van der Waals surface area contributed by atoms with Crippen LogP contribution in [0.15, 0.2) is 47.6 Å². The van der Waals surface area contributed by atoms with Crippen LogP contribution in [0.3, 0.4) is 0 Å². The highest BCUT2D eigenvalue weighted by Gasteiger charge is 2.12. The zero-order chi connectivity index (χ0) is 14.7.